The SMILES string of the molecule is CNC(=O)c1cnc(NC(=O)C2CC2)c2[nH]c(N3CCCCC3)cc12. The smallest absolute Gasteiger partial charge is 0.253 e. The lowest BCUT2D eigenvalue weighted by Gasteiger charge is -2.27. The van der Waals surface area contributed by atoms with Gasteiger partial charge in [0.2, 0.25) is 5.91 Å². The molecule has 1 saturated carbocycles. The molecule has 7 nitrogen and oxygen atoms in total. The quantitative estimate of drug-likeness (QED) is 0.796. The summed E-state index contributed by atoms with van der Waals surface area (Å²) >= 11 is 0. The number of anilines is 2. The minimum absolute atomic E-state index is 0.00983. The summed E-state index contributed by atoms with van der Waals surface area (Å²) in [4.78, 5) is 34.4. The zero-order valence-corrected chi connectivity index (χ0v) is 14.4. The number of piperidine rings is 1. The van der Waals surface area contributed by atoms with Crippen LogP contribution in [0.2, 0.25) is 0 Å². The van der Waals surface area contributed by atoms with Crippen molar-refractivity contribution >= 4 is 34.4 Å². The number of H-pyrrole nitrogens is 1. The summed E-state index contributed by atoms with van der Waals surface area (Å²) in [6.07, 6.45) is 7.01. The van der Waals surface area contributed by atoms with Gasteiger partial charge in [-0.15, -0.1) is 0 Å². The molecule has 2 aromatic rings. The summed E-state index contributed by atoms with van der Waals surface area (Å²) in [6.45, 7) is 2.00. The van der Waals surface area contributed by atoms with Crippen molar-refractivity contribution in [1.29, 1.82) is 0 Å². The molecule has 2 aromatic heterocycles. The van der Waals surface area contributed by atoms with Crippen LogP contribution in [0.25, 0.3) is 10.9 Å². The number of aromatic nitrogens is 2. The molecule has 4 rings (SSSR count). The molecule has 0 atom stereocenters. The minimum Gasteiger partial charge on any atom is -0.358 e. The van der Waals surface area contributed by atoms with E-state index >= 15 is 0 Å². The molecular formula is C18H23N5O2. The third-order valence-corrected chi connectivity index (χ3v) is 5.01. The Hall–Kier alpha value is -2.57. The second kappa shape index (κ2) is 6.38. The molecule has 132 valence electrons. The first-order chi connectivity index (χ1) is 12.2. The third kappa shape index (κ3) is 3.06. The molecule has 3 heterocycles. The average molecular weight is 341 g/mol. The highest BCUT2D eigenvalue weighted by molar-refractivity contribution is 6.11. The van der Waals surface area contributed by atoms with Gasteiger partial charge in [-0.1, -0.05) is 0 Å². The van der Waals surface area contributed by atoms with Crippen LogP contribution in [0.4, 0.5) is 11.6 Å². The van der Waals surface area contributed by atoms with Gasteiger partial charge in [-0.2, -0.15) is 0 Å². The molecule has 2 amide bonds. The number of hydrogen-bond donors (Lipinski definition) is 3. The molecule has 0 bridgehead atoms. The first-order valence-corrected chi connectivity index (χ1v) is 8.97. The Bertz CT molecular complexity index is 818. The zero-order chi connectivity index (χ0) is 17.4. The van der Waals surface area contributed by atoms with E-state index in [0.717, 1.165) is 42.7 Å². The fourth-order valence-corrected chi connectivity index (χ4v) is 3.38. The number of aromatic amines is 1. The maximum Gasteiger partial charge on any atom is 0.253 e. The van der Waals surface area contributed by atoms with Crippen molar-refractivity contribution in [1.82, 2.24) is 15.3 Å². The van der Waals surface area contributed by atoms with Gasteiger partial charge in [0.1, 0.15) is 5.82 Å². The summed E-state index contributed by atoms with van der Waals surface area (Å²) in [5.41, 5.74) is 1.23. The molecule has 3 N–H and O–H groups in total. The van der Waals surface area contributed by atoms with E-state index in [4.69, 9.17) is 0 Å². The molecule has 1 aliphatic carbocycles. The number of nitrogens with zero attached hydrogens (tertiary/aromatic N) is 2. The van der Waals surface area contributed by atoms with Crippen LogP contribution in [0.3, 0.4) is 0 Å². The number of carbonyl (C=O) groups is 2. The van der Waals surface area contributed by atoms with Crippen LogP contribution < -0.4 is 15.5 Å². The number of carbonyl (C=O) groups excluding carboxylic acids is 2. The van der Waals surface area contributed by atoms with Crippen LogP contribution in [0.15, 0.2) is 12.3 Å². The molecule has 0 aromatic carbocycles. The molecule has 1 aliphatic heterocycles. The number of rotatable bonds is 4. The van der Waals surface area contributed by atoms with E-state index in [1.54, 1.807) is 7.05 Å². The first kappa shape index (κ1) is 15.9. The van der Waals surface area contributed by atoms with Crippen molar-refractivity contribution in [2.24, 2.45) is 5.92 Å². The van der Waals surface area contributed by atoms with Gasteiger partial charge in [-0.25, -0.2) is 4.98 Å². The number of amides is 2. The second-order valence-electron chi connectivity index (χ2n) is 6.85. The lowest BCUT2D eigenvalue weighted by molar-refractivity contribution is -0.117. The molecule has 7 heteroatoms. The van der Waals surface area contributed by atoms with Crippen LogP contribution in [0.1, 0.15) is 42.5 Å². The third-order valence-electron chi connectivity index (χ3n) is 5.01. The standard InChI is InChI=1S/C18H23N5O2/c1-19-18(25)13-10-20-16(22-17(24)11-5-6-11)15-12(13)9-14(21-15)23-7-3-2-4-8-23/h9-11,21H,2-8H2,1H3,(H,19,25)(H,20,22,24). The van der Waals surface area contributed by atoms with Crippen LogP contribution in [0, 0.1) is 5.92 Å². The fourth-order valence-electron chi connectivity index (χ4n) is 3.38. The summed E-state index contributed by atoms with van der Waals surface area (Å²) < 4.78 is 0. The van der Waals surface area contributed by atoms with E-state index in [1.165, 1.54) is 25.5 Å². The lowest BCUT2D eigenvalue weighted by Crippen LogP contribution is -2.29. The molecule has 0 radical (unpaired) electrons. The predicted molar refractivity (Wildman–Crippen MR) is 96.9 cm³/mol. The van der Waals surface area contributed by atoms with Crippen molar-refractivity contribution in [3.63, 3.8) is 0 Å². The Kier molecular flexibility index (Phi) is 4.07. The summed E-state index contributed by atoms with van der Waals surface area (Å²) in [6, 6.07) is 2.00. The number of hydrogen-bond acceptors (Lipinski definition) is 4. The molecule has 2 fully saturated rings. The lowest BCUT2D eigenvalue weighted by atomic mass is 10.1. The van der Waals surface area contributed by atoms with Gasteiger partial charge < -0.3 is 20.5 Å². The van der Waals surface area contributed by atoms with Gasteiger partial charge >= 0.3 is 0 Å². The first-order valence-electron chi connectivity index (χ1n) is 8.97. The Morgan fingerprint density at radius 1 is 1.24 bits per heavy atom. The summed E-state index contributed by atoms with van der Waals surface area (Å²) in [5.74, 6) is 1.42. The van der Waals surface area contributed by atoms with Crippen molar-refractivity contribution in [3.8, 4) is 0 Å². The molecule has 0 unspecified atom stereocenters. The highest BCUT2D eigenvalue weighted by Crippen LogP contribution is 2.33. The summed E-state index contributed by atoms with van der Waals surface area (Å²) in [5, 5.41) is 6.37. The van der Waals surface area contributed by atoms with Gasteiger partial charge in [-0.05, 0) is 38.2 Å². The Labute approximate surface area is 146 Å². The highest BCUT2D eigenvalue weighted by atomic mass is 16.2. The fraction of sp³-hybridized carbons (Fsp3) is 0.500. The molecule has 25 heavy (non-hydrogen) atoms. The summed E-state index contributed by atoms with van der Waals surface area (Å²) in [7, 11) is 1.61. The van der Waals surface area contributed by atoms with E-state index in [1.807, 2.05) is 6.07 Å². The van der Waals surface area contributed by atoms with E-state index in [2.05, 4.69) is 25.5 Å². The predicted octanol–water partition coefficient (Wildman–Crippen LogP) is 2.26. The topological polar surface area (TPSA) is 90.1 Å². The van der Waals surface area contributed by atoms with Crippen molar-refractivity contribution < 1.29 is 9.59 Å². The molecular weight excluding hydrogens is 318 g/mol. The number of nitrogens with one attached hydrogen (secondary N) is 3. The average Bonchev–Trinajstić information content (AvgIpc) is 3.40. The van der Waals surface area contributed by atoms with Crippen LogP contribution in [-0.4, -0.2) is 41.9 Å². The van der Waals surface area contributed by atoms with Gasteiger partial charge in [0, 0.05) is 37.6 Å². The normalized spacial score (nSPS) is 17.6. The van der Waals surface area contributed by atoms with E-state index < -0.39 is 0 Å². The van der Waals surface area contributed by atoms with Gasteiger partial charge in [0.15, 0.2) is 5.82 Å². The number of fused-ring (bicyclic) bond motifs is 1. The van der Waals surface area contributed by atoms with E-state index in [-0.39, 0.29) is 17.7 Å². The maximum absolute atomic E-state index is 12.2. The van der Waals surface area contributed by atoms with Gasteiger partial charge in [0.25, 0.3) is 5.91 Å². The van der Waals surface area contributed by atoms with Crippen LogP contribution in [-0.2, 0) is 4.79 Å². The second-order valence-corrected chi connectivity index (χ2v) is 6.85. The Morgan fingerprint density at radius 3 is 2.68 bits per heavy atom. The van der Waals surface area contributed by atoms with Crippen LogP contribution >= 0.6 is 0 Å². The molecule has 0 spiro atoms. The maximum atomic E-state index is 12.2. The molecule has 1 saturated heterocycles. The largest absolute Gasteiger partial charge is 0.358 e. The van der Waals surface area contributed by atoms with Crippen molar-refractivity contribution in [2.45, 2.75) is 32.1 Å². The Balaban J connectivity index is 1.75. The van der Waals surface area contributed by atoms with Crippen molar-refractivity contribution in [3.05, 3.63) is 17.8 Å². The monoisotopic (exact) mass is 341 g/mol. The van der Waals surface area contributed by atoms with Gasteiger partial charge in [-0.3, -0.25) is 9.59 Å². The van der Waals surface area contributed by atoms with E-state index in [0.29, 0.717) is 11.4 Å². The number of pyridine rings is 1. The zero-order valence-electron chi connectivity index (χ0n) is 14.4. The van der Waals surface area contributed by atoms with Gasteiger partial charge in [0.05, 0.1) is 11.1 Å². The van der Waals surface area contributed by atoms with Crippen molar-refractivity contribution in [2.75, 3.05) is 30.4 Å². The van der Waals surface area contributed by atoms with Crippen LogP contribution in [0.5, 0.6) is 0 Å². The highest BCUT2D eigenvalue weighted by Gasteiger charge is 2.30. The van der Waals surface area contributed by atoms with E-state index in [9.17, 15) is 9.59 Å². The Morgan fingerprint density at radius 2 is 2.00 bits per heavy atom. The minimum atomic E-state index is -0.179. The molecule has 2 aliphatic rings.